The third-order valence-electron chi connectivity index (χ3n) is 6.19. The highest BCUT2D eigenvalue weighted by Crippen LogP contribution is 2.33. The summed E-state index contributed by atoms with van der Waals surface area (Å²) in [5.74, 6) is 0.963. The molecule has 0 bridgehead atoms. The largest absolute Gasteiger partial charge is 0.334 e. The van der Waals surface area contributed by atoms with Crippen molar-refractivity contribution < 1.29 is 9.32 Å². The average molecular weight is 442 g/mol. The summed E-state index contributed by atoms with van der Waals surface area (Å²) in [4.78, 5) is 18.0. The SMILES string of the molecule is Cc1ccccc1-n1nc(C(=O)Nc2c(C)cccc2-c2nc(C(C)C)no2)c2c1CCC2. The zero-order chi connectivity index (χ0) is 23.1. The summed E-state index contributed by atoms with van der Waals surface area (Å²) in [6.07, 6.45) is 2.79. The van der Waals surface area contributed by atoms with Crippen molar-refractivity contribution in [1.82, 2.24) is 19.9 Å². The summed E-state index contributed by atoms with van der Waals surface area (Å²) in [5.41, 5.74) is 7.06. The molecule has 2 aromatic heterocycles. The average Bonchev–Trinajstić information content (AvgIpc) is 3.52. The smallest absolute Gasteiger partial charge is 0.276 e. The molecule has 7 heteroatoms. The molecular weight excluding hydrogens is 414 g/mol. The van der Waals surface area contributed by atoms with Crippen molar-refractivity contribution in [1.29, 1.82) is 0 Å². The third-order valence-corrected chi connectivity index (χ3v) is 6.19. The van der Waals surface area contributed by atoms with Gasteiger partial charge in [-0.15, -0.1) is 0 Å². The van der Waals surface area contributed by atoms with Crippen molar-refractivity contribution in [3.8, 4) is 17.1 Å². The van der Waals surface area contributed by atoms with Crippen molar-refractivity contribution in [2.45, 2.75) is 52.9 Å². The Kier molecular flexibility index (Phi) is 5.32. The number of hydrogen-bond acceptors (Lipinski definition) is 5. The van der Waals surface area contributed by atoms with E-state index in [-0.39, 0.29) is 11.8 Å². The Morgan fingerprint density at radius 2 is 1.85 bits per heavy atom. The van der Waals surface area contributed by atoms with Crippen LogP contribution in [0.5, 0.6) is 0 Å². The highest BCUT2D eigenvalue weighted by molar-refractivity contribution is 6.06. The molecule has 2 aromatic carbocycles. The molecule has 33 heavy (non-hydrogen) atoms. The highest BCUT2D eigenvalue weighted by Gasteiger charge is 2.28. The summed E-state index contributed by atoms with van der Waals surface area (Å²) >= 11 is 0. The molecule has 0 unspecified atom stereocenters. The molecule has 1 aliphatic rings. The van der Waals surface area contributed by atoms with Crippen molar-refractivity contribution in [3.63, 3.8) is 0 Å². The lowest BCUT2D eigenvalue weighted by atomic mass is 10.1. The lowest BCUT2D eigenvalue weighted by molar-refractivity contribution is 0.102. The molecular formula is C26H27N5O2. The molecule has 0 saturated carbocycles. The number of aromatic nitrogens is 4. The summed E-state index contributed by atoms with van der Waals surface area (Å²) in [7, 11) is 0. The Balaban J connectivity index is 1.53. The molecule has 7 nitrogen and oxygen atoms in total. The van der Waals surface area contributed by atoms with E-state index < -0.39 is 0 Å². The number of carbonyl (C=O) groups is 1. The van der Waals surface area contributed by atoms with Gasteiger partial charge in [-0.1, -0.05) is 49.3 Å². The minimum Gasteiger partial charge on any atom is -0.334 e. The number of hydrogen-bond donors (Lipinski definition) is 1. The van der Waals surface area contributed by atoms with Crippen LogP contribution in [0, 0.1) is 13.8 Å². The number of carbonyl (C=O) groups excluding carboxylic acids is 1. The van der Waals surface area contributed by atoms with Crippen molar-refractivity contribution >= 4 is 11.6 Å². The van der Waals surface area contributed by atoms with Gasteiger partial charge in [-0.3, -0.25) is 4.79 Å². The Morgan fingerprint density at radius 3 is 2.61 bits per heavy atom. The predicted octanol–water partition coefficient (Wildman–Crippen LogP) is 5.40. The van der Waals surface area contributed by atoms with Gasteiger partial charge >= 0.3 is 0 Å². The van der Waals surface area contributed by atoms with Crippen LogP contribution in [0.1, 0.15) is 64.9 Å². The molecule has 168 valence electrons. The van der Waals surface area contributed by atoms with Crippen molar-refractivity contribution in [3.05, 3.63) is 76.4 Å². The Labute approximate surface area is 192 Å². The molecule has 0 aliphatic heterocycles. The Hall–Kier alpha value is -3.74. The first-order valence-corrected chi connectivity index (χ1v) is 11.4. The van der Waals surface area contributed by atoms with Crippen molar-refractivity contribution in [2.75, 3.05) is 5.32 Å². The molecule has 0 saturated heterocycles. The fourth-order valence-electron chi connectivity index (χ4n) is 4.38. The maximum atomic E-state index is 13.5. The topological polar surface area (TPSA) is 85.8 Å². The molecule has 1 aliphatic carbocycles. The number of fused-ring (bicyclic) bond motifs is 1. The normalized spacial score (nSPS) is 12.9. The van der Waals surface area contributed by atoms with Crippen LogP contribution in [0.2, 0.25) is 0 Å². The van der Waals surface area contributed by atoms with E-state index in [0.717, 1.165) is 47.3 Å². The van der Waals surface area contributed by atoms with Crippen LogP contribution in [0.3, 0.4) is 0 Å². The first kappa shape index (κ1) is 21.1. The number of para-hydroxylation sites is 2. The third kappa shape index (κ3) is 3.73. The second-order valence-electron chi connectivity index (χ2n) is 8.89. The minimum atomic E-state index is -0.223. The van der Waals surface area contributed by atoms with E-state index in [2.05, 4.69) is 28.4 Å². The van der Waals surface area contributed by atoms with Crippen LogP contribution in [-0.4, -0.2) is 25.8 Å². The van der Waals surface area contributed by atoms with E-state index in [9.17, 15) is 4.79 Å². The van der Waals surface area contributed by atoms with Crippen molar-refractivity contribution in [2.24, 2.45) is 0 Å². The van der Waals surface area contributed by atoms with Gasteiger partial charge in [0, 0.05) is 17.2 Å². The molecule has 4 aromatic rings. The number of benzene rings is 2. The number of aryl methyl sites for hydroxylation is 2. The van der Waals surface area contributed by atoms with E-state index in [1.54, 1.807) is 0 Å². The van der Waals surface area contributed by atoms with E-state index in [1.165, 1.54) is 0 Å². The summed E-state index contributed by atoms with van der Waals surface area (Å²) in [6.45, 7) is 8.04. The number of amides is 1. The fraction of sp³-hybridized carbons (Fsp3) is 0.308. The van der Waals surface area contributed by atoms with E-state index in [4.69, 9.17) is 9.62 Å². The van der Waals surface area contributed by atoms with Crippen LogP contribution in [0.15, 0.2) is 47.0 Å². The van der Waals surface area contributed by atoms with Gasteiger partial charge in [-0.05, 0) is 56.4 Å². The molecule has 1 N–H and O–H groups in total. The van der Waals surface area contributed by atoms with Crippen LogP contribution in [0.25, 0.3) is 17.1 Å². The van der Waals surface area contributed by atoms with Gasteiger partial charge < -0.3 is 9.84 Å². The van der Waals surface area contributed by atoms with E-state index in [1.807, 2.05) is 61.9 Å². The molecule has 0 spiro atoms. The lowest BCUT2D eigenvalue weighted by Gasteiger charge is -2.11. The molecule has 2 heterocycles. The lowest BCUT2D eigenvalue weighted by Crippen LogP contribution is -2.16. The number of nitrogens with zero attached hydrogens (tertiary/aromatic N) is 4. The fourth-order valence-corrected chi connectivity index (χ4v) is 4.38. The van der Waals surface area contributed by atoms with Gasteiger partial charge in [0.15, 0.2) is 11.5 Å². The van der Waals surface area contributed by atoms with Gasteiger partial charge in [0.1, 0.15) is 0 Å². The zero-order valence-electron chi connectivity index (χ0n) is 19.3. The van der Waals surface area contributed by atoms with Gasteiger partial charge in [0.2, 0.25) is 0 Å². The first-order chi connectivity index (χ1) is 15.9. The summed E-state index contributed by atoms with van der Waals surface area (Å²) in [6, 6.07) is 13.9. The maximum absolute atomic E-state index is 13.5. The second-order valence-corrected chi connectivity index (χ2v) is 8.89. The van der Waals surface area contributed by atoms with Gasteiger partial charge in [0.05, 0.1) is 16.9 Å². The summed E-state index contributed by atoms with van der Waals surface area (Å²) < 4.78 is 7.45. The standard InChI is InChI=1S/C26H27N5O2/c1-15(2)24-28-26(33-30-24)19-12-7-10-17(4)22(19)27-25(32)23-18-11-8-14-21(18)31(29-23)20-13-6-5-9-16(20)3/h5-7,9-10,12-13,15H,8,11,14H2,1-4H3,(H,27,32). The molecule has 0 atom stereocenters. The maximum Gasteiger partial charge on any atom is 0.276 e. The van der Waals surface area contributed by atoms with E-state index in [0.29, 0.717) is 28.7 Å². The Morgan fingerprint density at radius 1 is 1.06 bits per heavy atom. The van der Waals surface area contributed by atoms with Crippen LogP contribution < -0.4 is 5.32 Å². The van der Waals surface area contributed by atoms with Crippen LogP contribution in [0.4, 0.5) is 5.69 Å². The number of nitrogens with one attached hydrogen (secondary N) is 1. The highest BCUT2D eigenvalue weighted by atomic mass is 16.5. The number of rotatable bonds is 5. The number of anilines is 1. The predicted molar refractivity (Wildman–Crippen MR) is 127 cm³/mol. The quantitative estimate of drug-likeness (QED) is 0.448. The second kappa shape index (κ2) is 8.31. The summed E-state index contributed by atoms with van der Waals surface area (Å²) in [5, 5.41) is 11.9. The molecule has 0 fully saturated rings. The molecule has 0 radical (unpaired) electrons. The monoisotopic (exact) mass is 441 g/mol. The van der Waals surface area contributed by atoms with Crippen LogP contribution >= 0.6 is 0 Å². The minimum absolute atomic E-state index is 0.151. The van der Waals surface area contributed by atoms with Gasteiger partial charge in [-0.2, -0.15) is 10.1 Å². The van der Waals surface area contributed by atoms with E-state index >= 15 is 0 Å². The Bertz CT molecular complexity index is 1350. The zero-order valence-corrected chi connectivity index (χ0v) is 19.3. The van der Waals surface area contributed by atoms with Gasteiger partial charge in [0.25, 0.3) is 11.8 Å². The molecule has 5 rings (SSSR count). The first-order valence-electron chi connectivity index (χ1n) is 11.4. The van der Waals surface area contributed by atoms with Crippen LogP contribution in [-0.2, 0) is 12.8 Å². The van der Waals surface area contributed by atoms with Gasteiger partial charge in [-0.25, -0.2) is 4.68 Å². The molecule has 1 amide bonds.